The van der Waals surface area contributed by atoms with Gasteiger partial charge in [-0.3, -0.25) is 4.79 Å². The van der Waals surface area contributed by atoms with Crippen molar-refractivity contribution in [2.24, 2.45) is 5.92 Å². The molecule has 0 unspecified atom stereocenters. The van der Waals surface area contributed by atoms with Gasteiger partial charge < -0.3 is 9.64 Å². The van der Waals surface area contributed by atoms with Crippen LogP contribution in [-0.4, -0.2) is 30.5 Å². The summed E-state index contributed by atoms with van der Waals surface area (Å²) >= 11 is 0. The van der Waals surface area contributed by atoms with Crippen LogP contribution in [0.3, 0.4) is 0 Å². The minimum Gasteiger partial charge on any atom is -0.454 e. The van der Waals surface area contributed by atoms with E-state index in [1.165, 1.54) is 6.92 Å². The van der Waals surface area contributed by atoms with E-state index in [0.29, 0.717) is 6.04 Å². The number of esters is 1. The van der Waals surface area contributed by atoms with Crippen LogP contribution in [-0.2, 0) is 15.1 Å². The van der Waals surface area contributed by atoms with Crippen molar-refractivity contribution in [1.82, 2.24) is 4.90 Å². The number of benzene rings is 1. The van der Waals surface area contributed by atoms with Crippen LogP contribution in [0.15, 0.2) is 30.3 Å². The van der Waals surface area contributed by atoms with Gasteiger partial charge in [0.1, 0.15) is 5.60 Å². The number of rotatable bonds is 2. The summed E-state index contributed by atoms with van der Waals surface area (Å²) in [4.78, 5) is 13.9. The van der Waals surface area contributed by atoms with Gasteiger partial charge in [-0.1, -0.05) is 37.3 Å². The molecule has 19 heavy (non-hydrogen) atoms. The molecule has 0 spiro atoms. The van der Waals surface area contributed by atoms with E-state index < -0.39 is 5.60 Å². The van der Waals surface area contributed by atoms with Crippen LogP contribution in [0.5, 0.6) is 0 Å². The van der Waals surface area contributed by atoms with Gasteiger partial charge in [-0.15, -0.1) is 0 Å². The normalized spacial score (nSPS) is 32.0. The molecule has 1 aliphatic rings. The van der Waals surface area contributed by atoms with Gasteiger partial charge in [0.25, 0.3) is 0 Å². The van der Waals surface area contributed by atoms with Gasteiger partial charge in [0.05, 0.1) is 0 Å². The Morgan fingerprint density at radius 2 is 1.95 bits per heavy atom. The second-order valence-corrected chi connectivity index (χ2v) is 5.61. The molecule has 3 heteroatoms. The summed E-state index contributed by atoms with van der Waals surface area (Å²) in [6.45, 7) is 6.81. The zero-order chi connectivity index (χ0) is 14.0. The molecule has 2 rings (SSSR count). The highest BCUT2D eigenvalue weighted by Gasteiger charge is 2.47. The first kappa shape index (κ1) is 14.1. The topological polar surface area (TPSA) is 29.5 Å². The van der Waals surface area contributed by atoms with Crippen molar-refractivity contribution in [3.63, 3.8) is 0 Å². The number of carbonyl (C=O) groups is 1. The number of likely N-dealkylation sites (tertiary alicyclic amines) is 1. The molecule has 0 bridgehead atoms. The van der Waals surface area contributed by atoms with Gasteiger partial charge in [0.15, 0.2) is 0 Å². The van der Waals surface area contributed by atoms with E-state index in [2.05, 4.69) is 37.9 Å². The minimum absolute atomic E-state index is 0.201. The molecule has 3 atom stereocenters. The molecule has 0 aliphatic carbocycles. The van der Waals surface area contributed by atoms with Gasteiger partial charge >= 0.3 is 5.97 Å². The van der Waals surface area contributed by atoms with Crippen LogP contribution in [0, 0.1) is 5.92 Å². The van der Waals surface area contributed by atoms with E-state index in [9.17, 15) is 4.79 Å². The van der Waals surface area contributed by atoms with Crippen LogP contribution in [0.1, 0.15) is 32.8 Å². The molecule has 1 aromatic carbocycles. The molecule has 0 N–H and O–H groups in total. The maximum absolute atomic E-state index is 11.6. The molecule has 0 radical (unpaired) electrons. The lowest BCUT2D eigenvalue weighted by Gasteiger charge is -2.49. The standard InChI is InChI=1S/C16H23NO2/c1-12-13(2)17(4)11-10-16(12,19-14(3)18)15-8-6-5-7-9-15/h5-9,12-13H,10-11H2,1-4H3/t12-,13+,16+/m0/s1. The number of carbonyl (C=O) groups excluding carboxylic acids is 1. The molecule has 0 saturated carbocycles. The number of hydrogen-bond donors (Lipinski definition) is 0. The Bertz CT molecular complexity index is 445. The molecule has 1 aliphatic heterocycles. The van der Waals surface area contributed by atoms with Crippen LogP contribution in [0.2, 0.25) is 0 Å². The molecule has 1 heterocycles. The molecule has 1 aromatic rings. The molecular weight excluding hydrogens is 238 g/mol. The summed E-state index contributed by atoms with van der Waals surface area (Å²) in [6, 6.07) is 10.5. The summed E-state index contributed by atoms with van der Waals surface area (Å²) in [6.07, 6.45) is 0.846. The van der Waals surface area contributed by atoms with Crippen molar-refractivity contribution in [2.75, 3.05) is 13.6 Å². The molecule has 1 saturated heterocycles. The molecule has 0 aromatic heterocycles. The SMILES string of the molecule is CC(=O)O[C@]1(c2ccccc2)CCN(C)[C@H](C)[C@@H]1C. The predicted octanol–water partition coefficient (Wildman–Crippen LogP) is 2.81. The van der Waals surface area contributed by atoms with Crippen LogP contribution in [0.4, 0.5) is 0 Å². The van der Waals surface area contributed by atoms with Gasteiger partial charge in [-0.25, -0.2) is 0 Å². The third kappa shape index (κ3) is 2.52. The Balaban J connectivity index is 2.43. The molecule has 0 amide bonds. The molecular formula is C16H23NO2. The summed E-state index contributed by atoms with van der Waals surface area (Å²) in [5.74, 6) is 0.0602. The fourth-order valence-electron chi connectivity index (χ4n) is 3.13. The van der Waals surface area contributed by atoms with E-state index in [1.807, 2.05) is 18.2 Å². The highest BCUT2D eigenvalue weighted by Crippen LogP contribution is 2.43. The first-order valence-corrected chi connectivity index (χ1v) is 6.92. The van der Waals surface area contributed by atoms with Crippen molar-refractivity contribution in [1.29, 1.82) is 0 Å². The van der Waals surface area contributed by atoms with E-state index in [0.717, 1.165) is 18.5 Å². The van der Waals surface area contributed by atoms with Gasteiger partial charge in [0, 0.05) is 31.8 Å². The highest BCUT2D eigenvalue weighted by molar-refractivity contribution is 5.67. The van der Waals surface area contributed by atoms with E-state index in [-0.39, 0.29) is 11.9 Å². The fourth-order valence-corrected chi connectivity index (χ4v) is 3.13. The van der Waals surface area contributed by atoms with Crippen molar-refractivity contribution in [3.8, 4) is 0 Å². The Morgan fingerprint density at radius 1 is 1.32 bits per heavy atom. The third-order valence-electron chi connectivity index (χ3n) is 4.58. The molecule has 1 fully saturated rings. The highest BCUT2D eigenvalue weighted by atomic mass is 16.6. The van der Waals surface area contributed by atoms with Crippen molar-refractivity contribution >= 4 is 5.97 Å². The van der Waals surface area contributed by atoms with Gasteiger partial charge in [-0.05, 0) is 19.5 Å². The van der Waals surface area contributed by atoms with E-state index in [4.69, 9.17) is 4.74 Å². The van der Waals surface area contributed by atoms with E-state index in [1.54, 1.807) is 0 Å². The largest absolute Gasteiger partial charge is 0.454 e. The number of ether oxygens (including phenoxy) is 1. The minimum atomic E-state index is -0.487. The second-order valence-electron chi connectivity index (χ2n) is 5.61. The van der Waals surface area contributed by atoms with Crippen LogP contribution >= 0.6 is 0 Å². The average Bonchev–Trinajstić information content (AvgIpc) is 2.40. The third-order valence-corrected chi connectivity index (χ3v) is 4.58. The summed E-state index contributed by atoms with van der Waals surface area (Å²) in [5, 5.41) is 0. The molecule has 3 nitrogen and oxygen atoms in total. The lowest BCUT2D eigenvalue weighted by atomic mass is 9.73. The van der Waals surface area contributed by atoms with Crippen molar-refractivity contribution < 1.29 is 9.53 Å². The first-order valence-electron chi connectivity index (χ1n) is 6.92. The summed E-state index contributed by atoms with van der Waals surface area (Å²) < 4.78 is 5.83. The first-order chi connectivity index (χ1) is 8.97. The Hall–Kier alpha value is -1.35. The smallest absolute Gasteiger partial charge is 0.303 e. The van der Waals surface area contributed by atoms with Crippen LogP contribution < -0.4 is 0 Å². The Labute approximate surface area is 115 Å². The zero-order valence-corrected chi connectivity index (χ0v) is 12.2. The lowest BCUT2D eigenvalue weighted by molar-refractivity contribution is -0.176. The number of hydrogen-bond acceptors (Lipinski definition) is 3. The predicted molar refractivity (Wildman–Crippen MR) is 75.8 cm³/mol. The summed E-state index contributed by atoms with van der Waals surface area (Å²) in [5.41, 5.74) is 0.622. The maximum atomic E-state index is 11.6. The van der Waals surface area contributed by atoms with E-state index >= 15 is 0 Å². The van der Waals surface area contributed by atoms with Gasteiger partial charge in [0.2, 0.25) is 0 Å². The van der Waals surface area contributed by atoms with Gasteiger partial charge in [-0.2, -0.15) is 0 Å². The van der Waals surface area contributed by atoms with Crippen LogP contribution in [0.25, 0.3) is 0 Å². The fraction of sp³-hybridized carbons (Fsp3) is 0.562. The summed E-state index contributed by atoms with van der Waals surface area (Å²) in [7, 11) is 2.13. The van der Waals surface area contributed by atoms with Crippen molar-refractivity contribution in [2.45, 2.75) is 38.8 Å². The lowest BCUT2D eigenvalue weighted by Crippen LogP contribution is -2.54. The quantitative estimate of drug-likeness (QED) is 0.767. The monoisotopic (exact) mass is 261 g/mol. The maximum Gasteiger partial charge on any atom is 0.303 e. The Kier molecular flexibility index (Phi) is 3.95. The number of piperidine rings is 1. The zero-order valence-electron chi connectivity index (χ0n) is 12.2. The van der Waals surface area contributed by atoms with Crippen molar-refractivity contribution in [3.05, 3.63) is 35.9 Å². The number of nitrogens with zero attached hydrogens (tertiary/aromatic N) is 1. The molecule has 104 valence electrons. The second kappa shape index (κ2) is 5.33. The Morgan fingerprint density at radius 3 is 2.53 bits per heavy atom. The average molecular weight is 261 g/mol.